The quantitative estimate of drug-likeness (QED) is 0.183. The SMILES string of the molecule is CC1(C)c2cc(-c3ccc4c(c3)CC3(C)CCCCC3(C)N4c3ccc(C#N)cc3)ccc2-c2c1ccc1c2ccc2ccccc21. The summed E-state index contributed by atoms with van der Waals surface area (Å²) < 4.78 is 0. The molecule has 3 aliphatic rings. The molecule has 1 fully saturated rings. The van der Waals surface area contributed by atoms with Crippen LogP contribution in [0.3, 0.4) is 0 Å². The van der Waals surface area contributed by atoms with Crippen LogP contribution in [0.25, 0.3) is 43.8 Å². The van der Waals surface area contributed by atoms with Gasteiger partial charge in [0.25, 0.3) is 0 Å². The third-order valence-corrected chi connectivity index (χ3v) is 12.5. The molecule has 9 rings (SSSR count). The van der Waals surface area contributed by atoms with Crippen molar-refractivity contribution < 1.29 is 0 Å². The van der Waals surface area contributed by atoms with E-state index < -0.39 is 0 Å². The standard InChI is InChI=1S/C45H40N2/c1-43(2)39-21-20-36-35-10-6-5-9-30(35)13-18-37(36)42(39)38-19-14-32(26-40(38)43)31-15-22-41-33(25-31)27-44(3)23-7-8-24-45(44,4)47(41)34-16-11-29(28-46)12-17-34/h5-6,9-22,25-26H,7-8,23-24,27H2,1-4H3. The topological polar surface area (TPSA) is 27.0 Å². The molecule has 6 aromatic carbocycles. The summed E-state index contributed by atoms with van der Waals surface area (Å²) >= 11 is 0. The van der Waals surface area contributed by atoms with Crippen molar-refractivity contribution in [3.05, 3.63) is 131 Å². The van der Waals surface area contributed by atoms with Gasteiger partial charge in [0.15, 0.2) is 0 Å². The Hall–Kier alpha value is -4.87. The maximum absolute atomic E-state index is 9.48. The zero-order valence-corrected chi connectivity index (χ0v) is 27.8. The van der Waals surface area contributed by atoms with Crippen molar-refractivity contribution in [1.29, 1.82) is 5.26 Å². The van der Waals surface area contributed by atoms with Crippen LogP contribution in [0.15, 0.2) is 109 Å². The molecule has 1 aliphatic heterocycles. The molecular weight excluding hydrogens is 569 g/mol. The summed E-state index contributed by atoms with van der Waals surface area (Å²) in [5.41, 5.74) is 12.9. The highest BCUT2D eigenvalue weighted by molar-refractivity contribution is 6.14. The second kappa shape index (κ2) is 9.82. The lowest BCUT2D eigenvalue weighted by molar-refractivity contribution is 0.0863. The number of anilines is 2. The lowest BCUT2D eigenvalue weighted by atomic mass is 9.57. The van der Waals surface area contributed by atoms with Gasteiger partial charge in [0, 0.05) is 22.3 Å². The molecule has 0 saturated heterocycles. The third-order valence-electron chi connectivity index (χ3n) is 12.5. The molecule has 6 aromatic rings. The van der Waals surface area contributed by atoms with E-state index in [-0.39, 0.29) is 16.4 Å². The van der Waals surface area contributed by atoms with Crippen molar-refractivity contribution in [2.45, 2.75) is 70.8 Å². The Labute approximate surface area is 278 Å². The number of hydrogen-bond acceptors (Lipinski definition) is 2. The molecule has 1 heterocycles. The normalized spacial score (nSPS) is 22.3. The van der Waals surface area contributed by atoms with E-state index in [4.69, 9.17) is 0 Å². The van der Waals surface area contributed by atoms with Crippen LogP contribution in [-0.2, 0) is 11.8 Å². The summed E-state index contributed by atoms with van der Waals surface area (Å²) in [5.74, 6) is 0. The lowest BCUT2D eigenvalue weighted by Gasteiger charge is -2.60. The Kier molecular flexibility index (Phi) is 5.93. The van der Waals surface area contributed by atoms with Crippen LogP contribution >= 0.6 is 0 Å². The highest BCUT2D eigenvalue weighted by Crippen LogP contribution is 2.58. The summed E-state index contributed by atoms with van der Waals surface area (Å²) in [4.78, 5) is 2.62. The molecule has 0 bridgehead atoms. The summed E-state index contributed by atoms with van der Waals surface area (Å²) in [6.45, 7) is 9.78. The van der Waals surface area contributed by atoms with Gasteiger partial charge in [0.05, 0.1) is 11.6 Å². The van der Waals surface area contributed by atoms with Crippen LogP contribution in [-0.4, -0.2) is 5.54 Å². The minimum atomic E-state index is -0.0848. The first-order chi connectivity index (χ1) is 22.7. The predicted octanol–water partition coefficient (Wildman–Crippen LogP) is 11.9. The first-order valence-corrected chi connectivity index (χ1v) is 17.3. The van der Waals surface area contributed by atoms with Crippen LogP contribution in [0.4, 0.5) is 11.4 Å². The van der Waals surface area contributed by atoms with Gasteiger partial charge in [-0.15, -0.1) is 0 Å². The molecule has 2 unspecified atom stereocenters. The minimum absolute atomic E-state index is 0.0192. The van der Waals surface area contributed by atoms with E-state index in [1.54, 1.807) is 0 Å². The van der Waals surface area contributed by atoms with E-state index in [0.717, 1.165) is 6.42 Å². The summed E-state index contributed by atoms with van der Waals surface area (Å²) in [6.07, 6.45) is 6.03. The second-order valence-electron chi connectivity index (χ2n) is 15.3. The molecular formula is C45H40N2. The minimum Gasteiger partial charge on any atom is -0.335 e. The molecule has 0 amide bonds. The van der Waals surface area contributed by atoms with E-state index in [1.165, 1.54) is 97.5 Å². The Morgan fingerprint density at radius 2 is 1.40 bits per heavy atom. The number of benzene rings is 6. The van der Waals surface area contributed by atoms with Crippen LogP contribution < -0.4 is 4.90 Å². The maximum Gasteiger partial charge on any atom is 0.0991 e. The average Bonchev–Trinajstić information content (AvgIpc) is 3.32. The largest absolute Gasteiger partial charge is 0.335 e. The van der Waals surface area contributed by atoms with Gasteiger partial charge in [-0.25, -0.2) is 0 Å². The van der Waals surface area contributed by atoms with Gasteiger partial charge in [-0.2, -0.15) is 5.26 Å². The monoisotopic (exact) mass is 608 g/mol. The molecule has 2 heteroatoms. The van der Waals surface area contributed by atoms with Crippen LogP contribution in [0.1, 0.15) is 75.6 Å². The fraction of sp³-hybridized carbons (Fsp3) is 0.267. The Morgan fingerprint density at radius 3 is 2.23 bits per heavy atom. The lowest BCUT2D eigenvalue weighted by Crippen LogP contribution is -2.60. The molecule has 0 N–H and O–H groups in total. The smallest absolute Gasteiger partial charge is 0.0991 e. The molecule has 2 atom stereocenters. The zero-order chi connectivity index (χ0) is 32.1. The molecule has 1 saturated carbocycles. The molecule has 0 aromatic heterocycles. The van der Waals surface area contributed by atoms with Gasteiger partial charge < -0.3 is 4.90 Å². The van der Waals surface area contributed by atoms with Crippen LogP contribution in [0.5, 0.6) is 0 Å². The number of fused-ring (bicyclic) bond motifs is 9. The van der Waals surface area contributed by atoms with Gasteiger partial charge in [-0.05, 0) is 135 Å². The Morgan fingerprint density at radius 1 is 0.660 bits per heavy atom. The fourth-order valence-electron chi connectivity index (χ4n) is 9.64. The highest BCUT2D eigenvalue weighted by Gasteiger charge is 2.53. The predicted molar refractivity (Wildman–Crippen MR) is 196 cm³/mol. The van der Waals surface area contributed by atoms with E-state index in [0.29, 0.717) is 5.56 Å². The summed E-state index contributed by atoms with van der Waals surface area (Å²) in [5, 5.41) is 14.8. The average molecular weight is 609 g/mol. The number of nitrogens with zero attached hydrogens (tertiary/aromatic N) is 2. The van der Waals surface area contributed by atoms with E-state index in [9.17, 15) is 5.26 Å². The number of hydrogen-bond donors (Lipinski definition) is 0. The van der Waals surface area contributed by atoms with Crippen molar-refractivity contribution in [3.8, 4) is 28.3 Å². The van der Waals surface area contributed by atoms with Gasteiger partial charge in [0.2, 0.25) is 0 Å². The zero-order valence-electron chi connectivity index (χ0n) is 27.8. The number of rotatable bonds is 2. The second-order valence-corrected chi connectivity index (χ2v) is 15.3. The van der Waals surface area contributed by atoms with Gasteiger partial charge in [0.1, 0.15) is 0 Å². The van der Waals surface area contributed by atoms with Crippen LogP contribution in [0, 0.1) is 16.7 Å². The fourth-order valence-corrected chi connectivity index (χ4v) is 9.64. The maximum atomic E-state index is 9.48. The first-order valence-electron chi connectivity index (χ1n) is 17.3. The molecule has 2 aliphatic carbocycles. The molecule has 230 valence electrons. The number of nitriles is 1. The first kappa shape index (κ1) is 28.4. The van der Waals surface area contributed by atoms with Crippen molar-refractivity contribution in [3.63, 3.8) is 0 Å². The molecule has 47 heavy (non-hydrogen) atoms. The Bertz CT molecular complexity index is 2300. The molecule has 2 nitrogen and oxygen atoms in total. The van der Waals surface area contributed by atoms with Crippen molar-refractivity contribution in [1.82, 2.24) is 0 Å². The van der Waals surface area contributed by atoms with Gasteiger partial charge >= 0.3 is 0 Å². The van der Waals surface area contributed by atoms with E-state index in [1.807, 2.05) is 12.1 Å². The van der Waals surface area contributed by atoms with Crippen LogP contribution in [0.2, 0.25) is 0 Å². The molecule has 0 radical (unpaired) electrons. The highest BCUT2D eigenvalue weighted by atomic mass is 15.2. The van der Waals surface area contributed by atoms with Crippen molar-refractivity contribution >= 4 is 32.9 Å². The van der Waals surface area contributed by atoms with Crippen molar-refractivity contribution in [2.24, 2.45) is 5.41 Å². The molecule has 0 spiro atoms. The Balaban J connectivity index is 1.17. The van der Waals surface area contributed by atoms with Crippen molar-refractivity contribution in [2.75, 3.05) is 4.90 Å². The van der Waals surface area contributed by atoms with E-state index in [2.05, 4.69) is 136 Å². The van der Waals surface area contributed by atoms with Gasteiger partial charge in [-0.3, -0.25) is 0 Å². The summed E-state index contributed by atoms with van der Waals surface area (Å²) in [6, 6.07) is 43.0. The summed E-state index contributed by atoms with van der Waals surface area (Å²) in [7, 11) is 0. The van der Waals surface area contributed by atoms with Gasteiger partial charge in [-0.1, -0.05) is 100 Å². The third kappa shape index (κ3) is 3.90. The van der Waals surface area contributed by atoms with E-state index >= 15 is 0 Å².